The predicted octanol–water partition coefficient (Wildman–Crippen LogP) is 6.39. The van der Waals surface area contributed by atoms with Gasteiger partial charge in [0.1, 0.15) is 11.0 Å². The summed E-state index contributed by atoms with van der Waals surface area (Å²) in [7, 11) is 3.41. The quantitative estimate of drug-likeness (QED) is 0.377. The molecule has 0 atom stereocenters. The normalized spacial score (nSPS) is 22.8. The molecule has 1 amide bonds. The number of amides is 1. The third-order valence-corrected chi connectivity index (χ3v) is 8.77. The highest BCUT2D eigenvalue weighted by atomic mass is 32.1. The van der Waals surface area contributed by atoms with Crippen molar-refractivity contribution in [1.82, 2.24) is 9.97 Å². The van der Waals surface area contributed by atoms with Crippen LogP contribution in [0, 0.1) is 34.9 Å². The number of hydrogen-bond donors (Lipinski definition) is 1. The van der Waals surface area contributed by atoms with Gasteiger partial charge in [-0.1, -0.05) is 18.8 Å². The van der Waals surface area contributed by atoms with Crippen molar-refractivity contribution in [3.05, 3.63) is 27.8 Å². The van der Waals surface area contributed by atoms with E-state index >= 15 is 0 Å². The molecular formula is C31H41FN4O4S. The first-order valence-electron chi connectivity index (χ1n) is 14.4. The molecule has 2 aliphatic carbocycles. The van der Waals surface area contributed by atoms with Gasteiger partial charge in [0.05, 0.1) is 16.8 Å². The van der Waals surface area contributed by atoms with E-state index in [-0.39, 0.29) is 46.1 Å². The van der Waals surface area contributed by atoms with Gasteiger partial charge >= 0.3 is 12.0 Å². The van der Waals surface area contributed by atoms with Gasteiger partial charge in [-0.15, -0.1) is 11.3 Å². The Bertz CT molecular complexity index is 1310. The van der Waals surface area contributed by atoms with E-state index in [0.29, 0.717) is 42.2 Å². The Morgan fingerprint density at radius 1 is 1.10 bits per heavy atom. The van der Waals surface area contributed by atoms with Crippen LogP contribution in [0.2, 0.25) is 0 Å². The molecule has 0 radical (unpaired) electrons. The third-order valence-electron chi connectivity index (χ3n) is 7.74. The molecule has 4 rings (SSSR count). The molecule has 1 N–H and O–H groups in total. The molecule has 222 valence electrons. The fourth-order valence-electron chi connectivity index (χ4n) is 5.51. The molecule has 2 aromatic heterocycles. The molecule has 0 spiro atoms. The topological polar surface area (TPSA) is 95.9 Å². The smallest absolute Gasteiger partial charge is 0.348 e. The van der Waals surface area contributed by atoms with E-state index in [1.165, 1.54) is 0 Å². The number of rotatable bonds is 7. The predicted molar refractivity (Wildman–Crippen MR) is 159 cm³/mol. The third kappa shape index (κ3) is 7.76. The first kappa shape index (κ1) is 30.8. The maximum absolute atomic E-state index is 14.1. The average molecular weight is 585 g/mol. The highest BCUT2D eigenvalue weighted by Gasteiger charge is 2.38. The Morgan fingerprint density at radius 3 is 2.34 bits per heavy atom. The number of halogens is 1. The van der Waals surface area contributed by atoms with Gasteiger partial charge in [0.25, 0.3) is 0 Å². The molecule has 41 heavy (non-hydrogen) atoms. The molecule has 2 saturated carbocycles. The van der Waals surface area contributed by atoms with Gasteiger partial charge < -0.3 is 19.6 Å². The summed E-state index contributed by atoms with van der Waals surface area (Å²) in [5, 5.41) is 10.1. The number of thiophene rings is 1. The van der Waals surface area contributed by atoms with Crippen LogP contribution in [0.1, 0.15) is 93.6 Å². The Kier molecular flexibility index (Phi) is 9.58. The average Bonchev–Trinajstić information content (AvgIpc) is 3.34. The van der Waals surface area contributed by atoms with Gasteiger partial charge in [-0.05, 0) is 84.1 Å². The first-order chi connectivity index (χ1) is 19.3. The molecule has 8 nitrogen and oxygen atoms in total. The van der Waals surface area contributed by atoms with Gasteiger partial charge in [0, 0.05) is 31.5 Å². The summed E-state index contributed by atoms with van der Waals surface area (Å²) in [6, 6.07) is 1.74. The SMILES string of the molecule is CN(C)c1nc(O[C@H]2CC[C@H](N(c3cc(C#CC(C)(C)C)sc3C(=O)O)C(=O)[C@H]3CC[C@H](C)CC3)CC2)ncc1F. The van der Waals surface area contributed by atoms with Crippen molar-refractivity contribution < 1.29 is 23.8 Å². The van der Waals surface area contributed by atoms with E-state index in [0.717, 1.165) is 43.2 Å². The van der Waals surface area contributed by atoms with E-state index in [1.54, 1.807) is 30.0 Å². The molecule has 10 heteroatoms. The molecule has 0 unspecified atom stereocenters. The summed E-state index contributed by atoms with van der Waals surface area (Å²) in [6.07, 6.45) is 7.09. The fourth-order valence-corrected chi connectivity index (χ4v) is 6.35. The van der Waals surface area contributed by atoms with Crippen molar-refractivity contribution in [2.24, 2.45) is 17.3 Å². The molecule has 2 fully saturated rings. The maximum Gasteiger partial charge on any atom is 0.348 e. The molecule has 0 aromatic carbocycles. The molecule has 2 aliphatic rings. The second kappa shape index (κ2) is 12.8. The molecular weight excluding hydrogens is 543 g/mol. The zero-order chi connectivity index (χ0) is 29.9. The summed E-state index contributed by atoms with van der Waals surface area (Å²) in [5.41, 5.74) is 0.216. The van der Waals surface area contributed by atoms with Crippen molar-refractivity contribution in [2.45, 2.75) is 91.2 Å². The van der Waals surface area contributed by atoms with E-state index in [2.05, 4.69) is 28.7 Å². The Labute approximate surface area is 246 Å². The number of carboxylic acid groups (broad SMARTS) is 1. The van der Waals surface area contributed by atoms with E-state index in [4.69, 9.17) is 4.74 Å². The van der Waals surface area contributed by atoms with Crippen LogP contribution in [0.4, 0.5) is 15.9 Å². The number of aromatic nitrogens is 2. The lowest BCUT2D eigenvalue weighted by molar-refractivity contribution is -0.124. The minimum Gasteiger partial charge on any atom is -0.477 e. The van der Waals surface area contributed by atoms with Crippen molar-refractivity contribution in [2.75, 3.05) is 23.9 Å². The molecule has 0 saturated heterocycles. The lowest BCUT2D eigenvalue weighted by Crippen LogP contribution is -2.47. The Morgan fingerprint density at radius 2 is 1.76 bits per heavy atom. The molecule has 2 aromatic rings. The number of carbonyl (C=O) groups is 2. The highest BCUT2D eigenvalue weighted by molar-refractivity contribution is 7.15. The highest BCUT2D eigenvalue weighted by Crippen LogP contribution is 2.39. The summed E-state index contributed by atoms with van der Waals surface area (Å²) in [4.78, 5) is 38.8. The van der Waals surface area contributed by atoms with E-state index in [1.807, 2.05) is 20.8 Å². The van der Waals surface area contributed by atoms with Gasteiger partial charge in [-0.2, -0.15) is 4.98 Å². The summed E-state index contributed by atoms with van der Waals surface area (Å²) < 4.78 is 20.1. The zero-order valence-corrected chi connectivity index (χ0v) is 25.7. The molecule has 0 aliphatic heterocycles. The van der Waals surface area contributed by atoms with Crippen LogP contribution in [0.25, 0.3) is 0 Å². The largest absolute Gasteiger partial charge is 0.477 e. The van der Waals surface area contributed by atoms with Crippen LogP contribution >= 0.6 is 11.3 Å². The number of nitrogens with zero attached hydrogens (tertiary/aromatic N) is 4. The monoisotopic (exact) mass is 584 g/mol. The maximum atomic E-state index is 14.1. The number of hydrogen-bond acceptors (Lipinski definition) is 7. The van der Waals surface area contributed by atoms with Crippen LogP contribution in [-0.2, 0) is 4.79 Å². The number of ether oxygens (including phenoxy) is 1. The van der Waals surface area contributed by atoms with Crippen molar-refractivity contribution in [3.8, 4) is 17.9 Å². The Hall–Kier alpha value is -3.19. The van der Waals surface area contributed by atoms with E-state index < -0.39 is 11.8 Å². The fraction of sp³-hybridized carbons (Fsp3) is 0.613. The second-order valence-corrected chi connectivity index (χ2v) is 13.6. The summed E-state index contributed by atoms with van der Waals surface area (Å²) in [5.74, 6) is 5.39. The lowest BCUT2D eigenvalue weighted by Gasteiger charge is -2.39. The first-order valence-corrected chi connectivity index (χ1v) is 15.2. The van der Waals surface area contributed by atoms with Crippen molar-refractivity contribution >= 4 is 34.7 Å². The molecule has 2 heterocycles. The Balaban J connectivity index is 1.59. The van der Waals surface area contributed by atoms with Gasteiger partial charge in [0.2, 0.25) is 5.91 Å². The summed E-state index contributed by atoms with van der Waals surface area (Å²) >= 11 is 1.13. The van der Waals surface area contributed by atoms with Gasteiger partial charge in [-0.25, -0.2) is 14.2 Å². The van der Waals surface area contributed by atoms with Crippen LogP contribution in [0.15, 0.2) is 12.3 Å². The minimum absolute atomic E-state index is 0.00870. The van der Waals surface area contributed by atoms with Crippen LogP contribution in [0.3, 0.4) is 0 Å². The summed E-state index contributed by atoms with van der Waals surface area (Å²) in [6.45, 7) is 8.23. The van der Waals surface area contributed by atoms with Crippen LogP contribution in [-0.4, -0.2) is 53.2 Å². The van der Waals surface area contributed by atoms with E-state index in [9.17, 15) is 19.1 Å². The van der Waals surface area contributed by atoms with Gasteiger partial charge in [-0.3, -0.25) is 4.79 Å². The van der Waals surface area contributed by atoms with Crippen LogP contribution in [0.5, 0.6) is 6.01 Å². The number of aromatic carboxylic acids is 1. The second-order valence-electron chi connectivity index (χ2n) is 12.6. The molecule has 0 bridgehead atoms. The minimum atomic E-state index is -1.05. The van der Waals surface area contributed by atoms with Crippen LogP contribution < -0.4 is 14.5 Å². The lowest BCUT2D eigenvalue weighted by atomic mass is 9.81. The van der Waals surface area contributed by atoms with Crippen molar-refractivity contribution in [3.63, 3.8) is 0 Å². The number of carboxylic acids is 1. The standard InChI is InChI=1S/C31H41FN4O4S/c1-19-7-9-20(10-8-19)28(37)36(25-17-23(15-16-31(2,3)4)41-26(25)29(38)39)21-11-13-22(14-12-21)40-30-33-18-24(32)27(34-30)35(5)6/h17-22H,7-14H2,1-6H3,(H,38,39)/t19-,20-,21-,22-. The zero-order valence-electron chi connectivity index (χ0n) is 24.9. The number of carbonyl (C=O) groups excluding carboxylic acids is 1. The van der Waals surface area contributed by atoms with Crippen molar-refractivity contribution in [1.29, 1.82) is 0 Å². The van der Waals surface area contributed by atoms with Gasteiger partial charge in [0.15, 0.2) is 11.6 Å². The number of anilines is 2.